The van der Waals surface area contributed by atoms with E-state index in [1.165, 1.54) is 24.3 Å². The summed E-state index contributed by atoms with van der Waals surface area (Å²) < 4.78 is 60.0. The smallest absolute Gasteiger partial charge is 0.128 e. The molecule has 7 aromatic carbocycles. The zero-order valence-electron chi connectivity index (χ0n) is 25.7. The highest BCUT2D eigenvalue weighted by molar-refractivity contribution is 6.18. The summed E-state index contributed by atoms with van der Waals surface area (Å²) in [6, 6.07) is 40.7. The number of benzene rings is 7. The Kier molecular flexibility index (Phi) is 6.09. The topological polar surface area (TPSA) is 6.48 Å². The van der Waals surface area contributed by atoms with E-state index in [-0.39, 0.29) is 0 Å². The average molecular weight is 635 g/mol. The van der Waals surface area contributed by atoms with Crippen LogP contribution in [0, 0.1) is 23.3 Å². The van der Waals surface area contributed by atoms with Gasteiger partial charge in [0.2, 0.25) is 0 Å². The summed E-state index contributed by atoms with van der Waals surface area (Å²) in [5.41, 5.74) is 7.89. The molecular formula is C42H26F4N2. The normalized spacial score (nSPS) is 15.6. The van der Waals surface area contributed by atoms with E-state index in [9.17, 15) is 8.78 Å². The van der Waals surface area contributed by atoms with Crippen LogP contribution in [0.1, 0.15) is 23.6 Å². The van der Waals surface area contributed by atoms with E-state index in [1.807, 2.05) is 94.7 Å². The molecule has 1 aliphatic carbocycles. The molecule has 7 aromatic rings. The lowest BCUT2D eigenvalue weighted by Gasteiger charge is -2.43. The van der Waals surface area contributed by atoms with Gasteiger partial charge in [0.1, 0.15) is 23.3 Å². The van der Waals surface area contributed by atoms with Crippen LogP contribution in [0.15, 0.2) is 140 Å². The number of rotatable bonds is 4. The lowest BCUT2D eigenvalue weighted by atomic mass is 9.69. The molecule has 0 amide bonds. The molecule has 2 nitrogen and oxygen atoms in total. The van der Waals surface area contributed by atoms with Crippen molar-refractivity contribution in [2.24, 2.45) is 0 Å². The second kappa shape index (κ2) is 10.3. The van der Waals surface area contributed by atoms with Gasteiger partial charge in [0.25, 0.3) is 0 Å². The lowest BCUT2D eigenvalue weighted by molar-refractivity contribution is 0.582. The predicted molar refractivity (Wildman–Crippen MR) is 184 cm³/mol. The highest BCUT2D eigenvalue weighted by Gasteiger charge is 2.50. The molecule has 1 heterocycles. The molecule has 0 saturated carbocycles. The van der Waals surface area contributed by atoms with E-state index in [4.69, 9.17) is 0 Å². The first kappa shape index (κ1) is 28.4. The third-order valence-corrected chi connectivity index (χ3v) is 9.75. The molecule has 1 unspecified atom stereocenters. The molecule has 0 N–H and O–H groups in total. The maximum atomic E-state index is 15.0. The Bertz CT molecular complexity index is 2400. The highest BCUT2D eigenvalue weighted by Crippen LogP contribution is 2.67. The number of hydrogen-bond donors (Lipinski definition) is 0. The third kappa shape index (κ3) is 3.92. The first-order valence-electron chi connectivity index (χ1n) is 15.7. The molecule has 48 heavy (non-hydrogen) atoms. The van der Waals surface area contributed by atoms with Crippen LogP contribution in [0.5, 0.6) is 0 Å². The van der Waals surface area contributed by atoms with Gasteiger partial charge in [-0.15, -0.1) is 0 Å². The van der Waals surface area contributed by atoms with E-state index in [2.05, 4.69) is 25.1 Å². The Morgan fingerprint density at radius 3 is 1.81 bits per heavy atom. The van der Waals surface area contributed by atoms with Gasteiger partial charge in [-0.1, -0.05) is 84.9 Å². The standard InChI is InChI=1S/C42H26F4N2/c1-42-35-16-8-7-15-34(35)38-39(42)41(48(37-18-10-9-17-36(37)42)31-23-27(45)20-28(46)24-31)33-14-6-5-13-32(33)40(38)47(29-11-3-2-4-12-29)30-21-25(43)19-26(44)22-30/h2-24H,1H3. The first-order valence-corrected chi connectivity index (χ1v) is 15.7. The van der Waals surface area contributed by atoms with Crippen LogP contribution in [0.3, 0.4) is 0 Å². The van der Waals surface area contributed by atoms with Crippen molar-refractivity contribution < 1.29 is 17.6 Å². The quantitative estimate of drug-likeness (QED) is 0.178. The number of nitrogens with zero attached hydrogens (tertiary/aromatic N) is 2. The Morgan fingerprint density at radius 2 is 1.10 bits per heavy atom. The van der Waals surface area contributed by atoms with Crippen LogP contribution in [0.25, 0.3) is 21.9 Å². The Labute approximate surface area is 274 Å². The van der Waals surface area contributed by atoms with Crippen molar-refractivity contribution in [3.05, 3.63) is 179 Å². The SMILES string of the molecule is CC12c3ccccc3-c3c1c(c1ccccc1c3N(c1ccccc1)c1cc(F)cc(F)c1)N(c1cc(F)cc(F)c1)c1ccccc12. The molecule has 232 valence electrons. The predicted octanol–water partition coefficient (Wildman–Crippen LogP) is 12.0. The minimum absolute atomic E-state index is 0.325. The van der Waals surface area contributed by atoms with Crippen molar-refractivity contribution in [2.45, 2.75) is 12.3 Å². The largest absolute Gasteiger partial charge is 0.309 e. The molecule has 1 atom stereocenters. The van der Waals surface area contributed by atoms with Crippen molar-refractivity contribution >= 4 is 44.9 Å². The summed E-state index contributed by atoms with van der Waals surface area (Å²) in [5.74, 6) is -2.74. The van der Waals surface area contributed by atoms with Crippen LogP contribution in [-0.4, -0.2) is 0 Å². The van der Waals surface area contributed by atoms with E-state index in [0.29, 0.717) is 11.4 Å². The van der Waals surface area contributed by atoms with Crippen LogP contribution < -0.4 is 9.80 Å². The van der Waals surface area contributed by atoms with Gasteiger partial charge in [0.15, 0.2) is 0 Å². The van der Waals surface area contributed by atoms with Crippen molar-refractivity contribution in [3.8, 4) is 11.1 Å². The van der Waals surface area contributed by atoms with Gasteiger partial charge >= 0.3 is 0 Å². The van der Waals surface area contributed by atoms with E-state index < -0.39 is 28.7 Å². The highest BCUT2D eigenvalue weighted by atomic mass is 19.1. The van der Waals surface area contributed by atoms with Crippen molar-refractivity contribution in [1.82, 2.24) is 0 Å². The van der Waals surface area contributed by atoms with Gasteiger partial charge in [-0.05, 0) is 66.1 Å². The van der Waals surface area contributed by atoms with Gasteiger partial charge in [0.05, 0.1) is 28.4 Å². The Balaban J connectivity index is 1.51. The number of anilines is 6. The summed E-state index contributed by atoms with van der Waals surface area (Å²) in [4.78, 5) is 3.87. The van der Waals surface area contributed by atoms with Crippen molar-refractivity contribution in [3.63, 3.8) is 0 Å². The Hall–Kier alpha value is -5.88. The van der Waals surface area contributed by atoms with Gasteiger partial charge in [0, 0.05) is 45.1 Å². The molecule has 0 spiro atoms. The summed E-state index contributed by atoms with van der Waals surface area (Å²) in [5, 5.41) is 1.63. The molecule has 1 aliphatic heterocycles. The molecule has 0 saturated heterocycles. The second-order valence-electron chi connectivity index (χ2n) is 12.4. The van der Waals surface area contributed by atoms with Crippen LogP contribution in [0.4, 0.5) is 51.7 Å². The zero-order valence-corrected chi connectivity index (χ0v) is 25.7. The summed E-state index contributed by atoms with van der Waals surface area (Å²) in [6.45, 7) is 2.19. The van der Waals surface area contributed by atoms with Gasteiger partial charge < -0.3 is 9.80 Å². The van der Waals surface area contributed by atoms with E-state index >= 15 is 8.78 Å². The summed E-state index contributed by atoms with van der Waals surface area (Å²) >= 11 is 0. The fourth-order valence-electron chi connectivity index (χ4n) is 7.97. The lowest BCUT2D eigenvalue weighted by Crippen LogP contribution is -2.32. The van der Waals surface area contributed by atoms with Crippen LogP contribution in [0.2, 0.25) is 0 Å². The molecule has 2 aliphatic rings. The zero-order chi connectivity index (χ0) is 32.7. The summed E-state index contributed by atoms with van der Waals surface area (Å²) in [6.07, 6.45) is 0. The molecule has 0 aromatic heterocycles. The van der Waals surface area contributed by atoms with Crippen molar-refractivity contribution in [1.29, 1.82) is 0 Å². The third-order valence-electron chi connectivity index (χ3n) is 9.75. The van der Waals surface area contributed by atoms with Gasteiger partial charge in [-0.2, -0.15) is 0 Å². The number of fused-ring (bicyclic) bond motifs is 7. The molecular weight excluding hydrogens is 608 g/mol. The molecule has 0 fully saturated rings. The molecule has 0 bridgehead atoms. The van der Waals surface area contributed by atoms with Gasteiger partial charge in [-0.25, -0.2) is 17.6 Å². The average Bonchev–Trinajstić information content (AvgIpc) is 3.35. The molecule has 6 heteroatoms. The first-order chi connectivity index (χ1) is 23.3. The van der Waals surface area contributed by atoms with Gasteiger partial charge in [-0.3, -0.25) is 0 Å². The van der Waals surface area contributed by atoms with Crippen LogP contribution >= 0.6 is 0 Å². The monoisotopic (exact) mass is 634 g/mol. The Morgan fingerprint density at radius 1 is 0.542 bits per heavy atom. The maximum Gasteiger partial charge on any atom is 0.128 e. The fraction of sp³-hybridized carbons (Fsp3) is 0.0476. The minimum Gasteiger partial charge on any atom is -0.309 e. The maximum absolute atomic E-state index is 15.0. The molecule has 0 radical (unpaired) electrons. The van der Waals surface area contributed by atoms with E-state index in [1.54, 1.807) is 0 Å². The molecule has 9 rings (SSSR count). The minimum atomic E-state index is -0.692. The van der Waals surface area contributed by atoms with Crippen molar-refractivity contribution in [2.75, 3.05) is 9.80 Å². The number of para-hydroxylation sites is 2. The summed E-state index contributed by atoms with van der Waals surface area (Å²) in [7, 11) is 0. The fourth-order valence-corrected chi connectivity index (χ4v) is 7.97. The van der Waals surface area contributed by atoms with E-state index in [0.717, 1.165) is 73.5 Å². The number of halogens is 4. The second-order valence-corrected chi connectivity index (χ2v) is 12.4. The number of hydrogen-bond acceptors (Lipinski definition) is 2. The van der Waals surface area contributed by atoms with Crippen LogP contribution in [-0.2, 0) is 5.41 Å².